The molecule has 1 aliphatic rings. The van der Waals surface area contributed by atoms with Crippen molar-refractivity contribution in [2.24, 2.45) is 5.92 Å². The first-order valence-electron chi connectivity index (χ1n) is 8.43. The van der Waals surface area contributed by atoms with Crippen LogP contribution >= 0.6 is 11.6 Å². The predicted molar refractivity (Wildman–Crippen MR) is 94.6 cm³/mol. The van der Waals surface area contributed by atoms with Crippen LogP contribution in [0.5, 0.6) is 5.75 Å². The third-order valence-corrected chi connectivity index (χ3v) is 4.93. The third-order valence-electron chi connectivity index (χ3n) is 4.62. The number of rotatable bonds is 5. The van der Waals surface area contributed by atoms with E-state index < -0.39 is 0 Å². The second-order valence-electron chi connectivity index (χ2n) is 5.98. The summed E-state index contributed by atoms with van der Waals surface area (Å²) in [5, 5.41) is 0.384. The van der Waals surface area contributed by atoms with Crippen LogP contribution in [-0.4, -0.2) is 54.9 Å². The van der Waals surface area contributed by atoms with E-state index in [1.807, 2.05) is 18.7 Å². The first-order valence-corrected chi connectivity index (χ1v) is 8.81. The molecular weight excluding hydrogens is 328 g/mol. The van der Waals surface area contributed by atoms with Crippen LogP contribution < -0.4 is 4.74 Å². The van der Waals surface area contributed by atoms with Crippen molar-refractivity contribution in [1.29, 1.82) is 0 Å². The molecule has 0 radical (unpaired) electrons. The van der Waals surface area contributed by atoms with Crippen LogP contribution in [0.3, 0.4) is 0 Å². The molecule has 1 saturated heterocycles. The molecule has 24 heavy (non-hydrogen) atoms. The van der Waals surface area contributed by atoms with Crippen molar-refractivity contribution in [2.45, 2.75) is 26.7 Å². The van der Waals surface area contributed by atoms with Gasteiger partial charge in [-0.15, -0.1) is 0 Å². The smallest absolute Gasteiger partial charge is 0.255 e. The second-order valence-corrected chi connectivity index (χ2v) is 6.38. The molecule has 0 aliphatic carbocycles. The topological polar surface area (TPSA) is 49.9 Å². The molecule has 0 spiro atoms. The Kier molecular flexibility index (Phi) is 6.49. The monoisotopic (exact) mass is 352 g/mol. The van der Waals surface area contributed by atoms with Gasteiger partial charge < -0.3 is 14.5 Å². The molecule has 0 unspecified atom stereocenters. The number of carbonyl (C=O) groups excluding carboxylic acids is 2. The average molecular weight is 353 g/mol. The maximum atomic E-state index is 12.6. The first kappa shape index (κ1) is 18.6. The summed E-state index contributed by atoms with van der Waals surface area (Å²) in [4.78, 5) is 28.7. The summed E-state index contributed by atoms with van der Waals surface area (Å²) in [7, 11) is 1.56. The van der Waals surface area contributed by atoms with Gasteiger partial charge in [0.2, 0.25) is 5.91 Å². The summed E-state index contributed by atoms with van der Waals surface area (Å²) in [5.41, 5.74) is 0.470. The fourth-order valence-electron chi connectivity index (χ4n) is 2.99. The summed E-state index contributed by atoms with van der Waals surface area (Å²) in [5.74, 6) is 0.812. The molecule has 5 nitrogen and oxygen atoms in total. The van der Waals surface area contributed by atoms with Gasteiger partial charge >= 0.3 is 0 Å². The van der Waals surface area contributed by atoms with Crippen LogP contribution in [-0.2, 0) is 4.79 Å². The highest BCUT2D eigenvalue weighted by molar-refractivity contribution is 6.34. The number of halogens is 1. The normalized spacial score (nSPS) is 14.9. The standard InChI is InChI=1S/C18H25ClN2O3/c1-4-13(5-2)17(22)20-8-10-21(11-9-20)18(23)15-7-6-14(24-3)12-16(15)19/h6-7,12-13H,4-5,8-11H2,1-3H3. The summed E-state index contributed by atoms with van der Waals surface area (Å²) in [6, 6.07) is 5.05. The van der Waals surface area contributed by atoms with Gasteiger partial charge in [0, 0.05) is 32.1 Å². The summed E-state index contributed by atoms with van der Waals surface area (Å²) < 4.78 is 5.11. The van der Waals surface area contributed by atoms with E-state index in [2.05, 4.69) is 0 Å². The molecule has 1 fully saturated rings. The maximum Gasteiger partial charge on any atom is 0.255 e. The van der Waals surface area contributed by atoms with Gasteiger partial charge in [0.05, 0.1) is 17.7 Å². The number of piperazine rings is 1. The lowest BCUT2D eigenvalue weighted by Crippen LogP contribution is -2.51. The Bertz CT molecular complexity index is 594. The molecule has 0 atom stereocenters. The fourth-order valence-corrected chi connectivity index (χ4v) is 3.24. The number of methoxy groups -OCH3 is 1. The molecule has 0 bridgehead atoms. The number of amides is 2. The third kappa shape index (κ3) is 4.01. The van der Waals surface area contributed by atoms with Crippen molar-refractivity contribution < 1.29 is 14.3 Å². The van der Waals surface area contributed by atoms with E-state index in [9.17, 15) is 9.59 Å². The number of benzene rings is 1. The van der Waals surface area contributed by atoms with Crippen molar-refractivity contribution in [2.75, 3.05) is 33.3 Å². The number of ether oxygens (including phenoxy) is 1. The van der Waals surface area contributed by atoms with Gasteiger partial charge in [0.25, 0.3) is 5.91 Å². The summed E-state index contributed by atoms with van der Waals surface area (Å²) >= 11 is 6.19. The van der Waals surface area contributed by atoms with Crippen LogP contribution in [0.1, 0.15) is 37.0 Å². The van der Waals surface area contributed by atoms with Crippen molar-refractivity contribution in [3.8, 4) is 5.75 Å². The van der Waals surface area contributed by atoms with Crippen molar-refractivity contribution >= 4 is 23.4 Å². The molecule has 1 aromatic carbocycles. The van der Waals surface area contributed by atoms with Gasteiger partial charge in [-0.25, -0.2) is 0 Å². The largest absolute Gasteiger partial charge is 0.497 e. The second kappa shape index (κ2) is 8.38. The Morgan fingerprint density at radius 1 is 1.12 bits per heavy atom. The molecule has 0 aromatic heterocycles. The van der Waals surface area contributed by atoms with Gasteiger partial charge in [-0.1, -0.05) is 25.4 Å². The molecule has 1 heterocycles. The van der Waals surface area contributed by atoms with Crippen LogP contribution in [0, 0.1) is 5.92 Å². The van der Waals surface area contributed by atoms with E-state index in [0.29, 0.717) is 42.5 Å². The summed E-state index contributed by atoms with van der Waals surface area (Å²) in [6.07, 6.45) is 1.71. The molecule has 6 heteroatoms. The van der Waals surface area contributed by atoms with Crippen LogP contribution in [0.15, 0.2) is 18.2 Å². The van der Waals surface area contributed by atoms with Gasteiger partial charge in [0.1, 0.15) is 5.75 Å². The Labute approximate surface area is 148 Å². The Hall–Kier alpha value is -1.75. The van der Waals surface area contributed by atoms with E-state index in [0.717, 1.165) is 12.8 Å². The predicted octanol–water partition coefficient (Wildman–Crippen LogP) is 3.07. The first-order chi connectivity index (χ1) is 11.5. The zero-order valence-electron chi connectivity index (χ0n) is 14.5. The summed E-state index contributed by atoms with van der Waals surface area (Å²) in [6.45, 7) is 6.30. The maximum absolute atomic E-state index is 12.6. The molecular formula is C18H25ClN2O3. The highest BCUT2D eigenvalue weighted by Crippen LogP contribution is 2.24. The number of carbonyl (C=O) groups is 2. The zero-order chi connectivity index (χ0) is 17.7. The Morgan fingerprint density at radius 2 is 1.71 bits per heavy atom. The van der Waals surface area contributed by atoms with Crippen LogP contribution in [0.2, 0.25) is 5.02 Å². The number of nitrogens with zero attached hydrogens (tertiary/aromatic N) is 2. The molecule has 1 aliphatic heterocycles. The SMILES string of the molecule is CCC(CC)C(=O)N1CCN(C(=O)c2ccc(OC)cc2Cl)CC1. The van der Waals surface area contributed by atoms with Gasteiger partial charge in [-0.2, -0.15) is 0 Å². The van der Waals surface area contributed by atoms with Gasteiger partial charge in [0.15, 0.2) is 0 Å². The molecule has 1 aromatic rings. The van der Waals surface area contributed by atoms with Crippen LogP contribution in [0.4, 0.5) is 0 Å². The number of hydrogen-bond acceptors (Lipinski definition) is 3. The Morgan fingerprint density at radius 3 is 2.21 bits per heavy atom. The lowest BCUT2D eigenvalue weighted by molar-refractivity contribution is -0.137. The Balaban J connectivity index is 1.99. The highest BCUT2D eigenvalue weighted by Gasteiger charge is 2.28. The van der Waals surface area contributed by atoms with Crippen molar-refractivity contribution in [3.63, 3.8) is 0 Å². The minimum Gasteiger partial charge on any atom is -0.497 e. The zero-order valence-corrected chi connectivity index (χ0v) is 15.3. The van der Waals surface area contributed by atoms with E-state index in [1.54, 1.807) is 30.2 Å². The molecule has 0 saturated carbocycles. The van der Waals surface area contributed by atoms with E-state index in [1.165, 1.54) is 0 Å². The van der Waals surface area contributed by atoms with E-state index >= 15 is 0 Å². The van der Waals surface area contributed by atoms with E-state index in [-0.39, 0.29) is 17.7 Å². The molecule has 132 valence electrons. The van der Waals surface area contributed by atoms with Crippen LogP contribution in [0.25, 0.3) is 0 Å². The number of hydrogen-bond donors (Lipinski definition) is 0. The highest BCUT2D eigenvalue weighted by atomic mass is 35.5. The average Bonchev–Trinajstić information content (AvgIpc) is 2.62. The van der Waals surface area contributed by atoms with Gasteiger partial charge in [-0.3, -0.25) is 9.59 Å². The quantitative estimate of drug-likeness (QED) is 0.818. The lowest BCUT2D eigenvalue weighted by atomic mass is 10.0. The molecule has 0 N–H and O–H groups in total. The molecule has 2 amide bonds. The van der Waals surface area contributed by atoms with Crippen molar-refractivity contribution in [3.05, 3.63) is 28.8 Å². The molecule has 2 rings (SSSR count). The van der Waals surface area contributed by atoms with E-state index in [4.69, 9.17) is 16.3 Å². The van der Waals surface area contributed by atoms with Crippen molar-refractivity contribution in [1.82, 2.24) is 9.80 Å². The lowest BCUT2D eigenvalue weighted by Gasteiger charge is -2.36. The minimum atomic E-state index is -0.0997. The fraction of sp³-hybridized carbons (Fsp3) is 0.556. The van der Waals surface area contributed by atoms with Gasteiger partial charge in [-0.05, 0) is 31.0 Å². The minimum absolute atomic E-state index is 0.0864.